The highest BCUT2D eigenvalue weighted by Crippen LogP contribution is 2.26. The maximum Gasteiger partial charge on any atom is 0.417 e. The molecule has 1 N–H and O–H groups in total. The minimum atomic E-state index is -4.62. The first-order chi connectivity index (χ1) is 7.95. The molecule has 0 aliphatic carbocycles. The van der Waals surface area contributed by atoms with Crippen LogP contribution in [0.1, 0.15) is 5.56 Å². The Bertz CT molecular complexity index is 349. The predicted octanol–water partition coefficient (Wildman–Crippen LogP) is 2.68. The van der Waals surface area contributed by atoms with Crippen LogP contribution in [-0.4, -0.2) is 23.5 Å². The highest BCUT2D eigenvalue weighted by molar-refractivity contribution is 5.13. The first-order valence-corrected chi connectivity index (χ1v) is 4.98. The van der Waals surface area contributed by atoms with Crippen molar-refractivity contribution in [1.29, 1.82) is 0 Å². The van der Waals surface area contributed by atoms with Crippen LogP contribution >= 0.6 is 0 Å². The number of hydrogen-bond donors (Lipinski definition) is 1. The zero-order chi connectivity index (χ0) is 12.9. The highest BCUT2D eigenvalue weighted by atomic mass is 19.4. The van der Waals surface area contributed by atoms with E-state index < -0.39 is 18.4 Å². The van der Waals surface area contributed by atoms with Crippen LogP contribution in [0.2, 0.25) is 0 Å². The fraction of sp³-hybridized carbons (Fsp3) is 0.333. The Morgan fingerprint density at radius 2 is 1.88 bits per heavy atom. The number of hydrogen-bond acceptors (Lipinski definition) is 2. The van der Waals surface area contributed by atoms with E-state index in [-0.39, 0.29) is 6.61 Å². The summed E-state index contributed by atoms with van der Waals surface area (Å²) < 4.78 is 42.3. The molecule has 0 amide bonds. The molecular formula is C12H13F3O2. The third kappa shape index (κ3) is 4.20. The maximum atomic E-state index is 12.5. The lowest BCUT2D eigenvalue weighted by molar-refractivity contribution is -0.243. The molecule has 0 saturated carbocycles. The van der Waals surface area contributed by atoms with Gasteiger partial charge in [0, 0.05) is 0 Å². The predicted molar refractivity (Wildman–Crippen MR) is 57.3 cm³/mol. The highest BCUT2D eigenvalue weighted by Gasteiger charge is 2.44. The molecule has 0 radical (unpaired) electrons. The van der Waals surface area contributed by atoms with E-state index in [1.807, 2.05) is 0 Å². The molecule has 1 rings (SSSR count). The van der Waals surface area contributed by atoms with Crippen LogP contribution in [0.25, 0.3) is 0 Å². The van der Waals surface area contributed by atoms with Crippen molar-refractivity contribution in [1.82, 2.24) is 0 Å². The number of rotatable bonds is 5. The minimum absolute atomic E-state index is 0.212. The van der Waals surface area contributed by atoms with Crippen LogP contribution in [0.3, 0.4) is 0 Å². The molecule has 0 fully saturated rings. The molecule has 94 valence electrons. The lowest BCUT2D eigenvalue weighted by Crippen LogP contribution is -2.40. The fourth-order valence-electron chi connectivity index (χ4n) is 1.27. The van der Waals surface area contributed by atoms with Gasteiger partial charge in [0.1, 0.15) is 6.10 Å². The number of ether oxygens (including phenoxy) is 1. The lowest BCUT2D eigenvalue weighted by Gasteiger charge is -2.23. The van der Waals surface area contributed by atoms with Crippen molar-refractivity contribution in [2.75, 3.05) is 0 Å². The molecule has 17 heavy (non-hydrogen) atoms. The minimum Gasteiger partial charge on any atom is -0.386 e. The first-order valence-electron chi connectivity index (χ1n) is 4.98. The van der Waals surface area contributed by atoms with Crippen molar-refractivity contribution in [3.8, 4) is 0 Å². The maximum absolute atomic E-state index is 12.5. The smallest absolute Gasteiger partial charge is 0.386 e. The molecule has 2 nitrogen and oxygen atoms in total. The average Bonchev–Trinajstić information content (AvgIpc) is 2.28. The molecule has 0 heterocycles. The van der Waals surface area contributed by atoms with Gasteiger partial charge >= 0.3 is 6.18 Å². The molecule has 0 aliphatic rings. The molecule has 1 aromatic carbocycles. The topological polar surface area (TPSA) is 29.5 Å². The van der Waals surface area contributed by atoms with E-state index in [2.05, 4.69) is 6.58 Å². The van der Waals surface area contributed by atoms with Crippen molar-refractivity contribution in [2.45, 2.75) is 25.0 Å². The van der Waals surface area contributed by atoms with E-state index in [1.54, 1.807) is 30.3 Å². The second-order valence-corrected chi connectivity index (χ2v) is 3.49. The van der Waals surface area contributed by atoms with Crippen LogP contribution in [0, 0.1) is 0 Å². The summed E-state index contributed by atoms with van der Waals surface area (Å²) in [6.07, 6.45) is -7.83. The molecule has 5 heteroatoms. The number of benzene rings is 1. The van der Waals surface area contributed by atoms with Gasteiger partial charge in [-0.05, 0) is 5.56 Å². The van der Waals surface area contributed by atoms with E-state index in [0.29, 0.717) is 5.56 Å². The molecule has 2 unspecified atom stereocenters. The molecule has 0 bridgehead atoms. The summed E-state index contributed by atoms with van der Waals surface area (Å²) in [6, 6.07) is 8.45. The zero-order valence-corrected chi connectivity index (χ0v) is 9.02. The summed E-state index contributed by atoms with van der Waals surface area (Å²) in [6.45, 7) is 2.91. The van der Waals surface area contributed by atoms with Gasteiger partial charge in [-0.1, -0.05) is 36.4 Å². The summed E-state index contributed by atoms with van der Waals surface area (Å²) in [7, 11) is 0. The van der Waals surface area contributed by atoms with E-state index in [4.69, 9.17) is 9.84 Å². The Labute approximate surface area is 97.3 Å². The van der Waals surface area contributed by atoms with E-state index in [1.165, 1.54) is 0 Å². The zero-order valence-electron chi connectivity index (χ0n) is 9.02. The Hall–Kier alpha value is -1.33. The van der Waals surface area contributed by atoms with Crippen LogP contribution in [0.4, 0.5) is 13.2 Å². The number of aliphatic hydroxyl groups excluding tert-OH is 1. The summed E-state index contributed by atoms with van der Waals surface area (Å²) in [5.74, 6) is 0. The van der Waals surface area contributed by atoms with Gasteiger partial charge in [-0.25, -0.2) is 0 Å². The summed E-state index contributed by atoms with van der Waals surface area (Å²) >= 11 is 0. The number of aliphatic hydroxyl groups is 1. The third-order valence-corrected chi connectivity index (χ3v) is 2.15. The molecule has 0 aromatic heterocycles. The van der Waals surface area contributed by atoms with Crippen molar-refractivity contribution in [2.24, 2.45) is 0 Å². The molecule has 2 atom stereocenters. The average molecular weight is 246 g/mol. The Morgan fingerprint density at radius 1 is 1.29 bits per heavy atom. The molecule has 1 aromatic rings. The van der Waals surface area contributed by atoms with E-state index in [9.17, 15) is 13.2 Å². The van der Waals surface area contributed by atoms with Crippen LogP contribution < -0.4 is 0 Å². The van der Waals surface area contributed by atoms with Gasteiger partial charge < -0.3 is 9.84 Å². The molecular weight excluding hydrogens is 233 g/mol. The fourth-order valence-corrected chi connectivity index (χ4v) is 1.27. The largest absolute Gasteiger partial charge is 0.417 e. The molecule has 0 saturated heterocycles. The monoisotopic (exact) mass is 246 g/mol. The van der Waals surface area contributed by atoms with Gasteiger partial charge in [-0.2, -0.15) is 13.2 Å². The molecule has 0 aliphatic heterocycles. The Morgan fingerprint density at radius 3 is 2.35 bits per heavy atom. The van der Waals surface area contributed by atoms with E-state index >= 15 is 0 Å². The normalized spacial score (nSPS) is 15.3. The quantitative estimate of drug-likeness (QED) is 0.809. The van der Waals surface area contributed by atoms with Crippen LogP contribution in [0.5, 0.6) is 0 Å². The van der Waals surface area contributed by atoms with E-state index in [0.717, 1.165) is 6.08 Å². The number of halogens is 3. The van der Waals surface area contributed by atoms with Gasteiger partial charge in [0.25, 0.3) is 0 Å². The molecule has 0 spiro atoms. The third-order valence-electron chi connectivity index (χ3n) is 2.15. The van der Waals surface area contributed by atoms with Crippen molar-refractivity contribution in [3.63, 3.8) is 0 Å². The second kappa shape index (κ2) is 5.84. The van der Waals surface area contributed by atoms with Gasteiger partial charge in [0.2, 0.25) is 0 Å². The summed E-state index contributed by atoms with van der Waals surface area (Å²) in [4.78, 5) is 0. The Balaban J connectivity index is 2.65. The van der Waals surface area contributed by atoms with Crippen molar-refractivity contribution in [3.05, 3.63) is 48.6 Å². The summed E-state index contributed by atoms with van der Waals surface area (Å²) in [5.41, 5.74) is 0.609. The van der Waals surface area contributed by atoms with Crippen LogP contribution in [-0.2, 0) is 11.3 Å². The van der Waals surface area contributed by atoms with Gasteiger partial charge in [-0.15, -0.1) is 6.58 Å². The summed E-state index contributed by atoms with van der Waals surface area (Å²) in [5, 5.41) is 9.17. The van der Waals surface area contributed by atoms with Gasteiger partial charge in [0.15, 0.2) is 6.10 Å². The van der Waals surface area contributed by atoms with Crippen molar-refractivity contribution >= 4 is 0 Å². The van der Waals surface area contributed by atoms with Gasteiger partial charge in [-0.3, -0.25) is 0 Å². The number of alkyl halides is 3. The lowest BCUT2D eigenvalue weighted by atomic mass is 10.2. The SMILES string of the molecule is C=CC(O)C(OCc1ccccc1)C(F)(F)F. The standard InChI is InChI=1S/C12H13F3O2/c1-2-10(16)11(12(13,14)15)17-8-9-6-4-3-5-7-9/h2-7,10-11,16H,1,8H2. The van der Waals surface area contributed by atoms with Crippen molar-refractivity contribution < 1.29 is 23.0 Å². The van der Waals surface area contributed by atoms with Crippen LogP contribution in [0.15, 0.2) is 43.0 Å². The van der Waals surface area contributed by atoms with Gasteiger partial charge in [0.05, 0.1) is 6.61 Å². The second-order valence-electron chi connectivity index (χ2n) is 3.49. The first kappa shape index (κ1) is 13.7. The Kier molecular flexibility index (Phi) is 4.72.